The van der Waals surface area contributed by atoms with E-state index in [0.29, 0.717) is 0 Å². The second kappa shape index (κ2) is 3.61. The Morgan fingerprint density at radius 3 is 1.73 bits per heavy atom. The monoisotopic (exact) mass is 216 g/mol. The van der Waals surface area contributed by atoms with E-state index in [9.17, 15) is 19.8 Å². The van der Waals surface area contributed by atoms with Crippen molar-refractivity contribution in [2.45, 2.75) is 24.8 Å². The van der Waals surface area contributed by atoms with Gasteiger partial charge in [0.05, 0.1) is 0 Å². The van der Waals surface area contributed by atoms with Gasteiger partial charge in [-0.05, 0) is 0 Å². The quantitative estimate of drug-likeness (QED) is 0.453. The number of hydrogen-bond donors (Lipinski definition) is 2. The topological polar surface area (TPSA) is 102 Å². The maximum atomic E-state index is 11.0. The molecule has 2 aliphatic heterocycles. The molecule has 0 amide bonds. The number of aliphatic hydroxyl groups is 2. The first-order valence-corrected chi connectivity index (χ1v) is 4.19. The van der Waals surface area contributed by atoms with Gasteiger partial charge in [0, 0.05) is 12.2 Å². The van der Waals surface area contributed by atoms with Crippen LogP contribution in [0.4, 0.5) is 0 Å². The van der Waals surface area contributed by atoms with Gasteiger partial charge in [-0.3, -0.25) is 4.74 Å². The molecule has 15 heavy (non-hydrogen) atoms. The second-order valence-corrected chi connectivity index (χ2v) is 3.06. The molecule has 82 valence electrons. The fourth-order valence-corrected chi connectivity index (χ4v) is 1.25. The molecule has 4 atom stereocenters. The van der Waals surface area contributed by atoms with Crippen LogP contribution < -0.4 is 0 Å². The normalized spacial score (nSPS) is 42.3. The van der Waals surface area contributed by atoms with E-state index in [1.807, 2.05) is 0 Å². The number of ether oxygens (including phenoxy) is 3. The zero-order valence-electron chi connectivity index (χ0n) is 7.40. The third kappa shape index (κ3) is 1.84. The maximum Gasteiger partial charge on any atom is 0.333 e. The van der Waals surface area contributed by atoms with Crippen LogP contribution in [0.3, 0.4) is 0 Å². The lowest BCUT2D eigenvalue weighted by atomic mass is 10.2. The largest absolute Gasteiger partial charge is 0.429 e. The van der Waals surface area contributed by atoms with Gasteiger partial charge >= 0.3 is 11.9 Å². The molecule has 0 aromatic carbocycles. The Kier molecular flexibility index (Phi) is 2.43. The van der Waals surface area contributed by atoms with Crippen molar-refractivity contribution >= 4 is 11.9 Å². The molecule has 7 heteroatoms. The van der Waals surface area contributed by atoms with Gasteiger partial charge in [-0.1, -0.05) is 0 Å². The van der Waals surface area contributed by atoms with Crippen molar-refractivity contribution in [2.75, 3.05) is 0 Å². The van der Waals surface area contributed by atoms with Crippen molar-refractivity contribution in [1.82, 2.24) is 0 Å². The molecule has 0 aromatic rings. The third-order valence-corrected chi connectivity index (χ3v) is 2.00. The first kappa shape index (κ1) is 10.1. The summed E-state index contributed by atoms with van der Waals surface area (Å²) in [4.78, 5) is 22.0. The molecule has 7 nitrogen and oxygen atoms in total. The summed E-state index contributed by atoms with van der Waals surface area (Å²) in [5, 5.41) is 18.7. The Balaban J connectivity index is 2.23. The molecular formula is C8H8O7. The van der Waals surface area contributed by atoms with Crippen molar-refractivity contribution in [3.05, 3.63) is 12.2 Å². The molecule has 2 heterocycles. The smallest absolute Gasteiger partial charge is 0.333 e. The van der Waals surface area contributed by atoms with E-state index in [-0.39, 0.29) is 0 Å². The highest BCUT2D eigenvalue weighted by Crippen LogP contribution is 2.24. The van der Waals surface area contributed by atoms with E-state index >= 15 is 0 Å². The number of fused-ring (bicyclic) bond motifs is 2. The van der Waals surface area contributed by atoms with E-state index in [4.69, 9.17) is 4.74 Å². The van der Waals surface area contributed by atoms with Crippen molar-refractivity contribution < 1.29 is 34.0 Å². The lowest BCUT2D eigenvalue weighted by Gasteiger charge is -2.13. The molecular weight excluding hydrogens is 208 g/mol. The molecule has 2 aliphatic rings. The van der Waals surface area contributed by atoms with Crippen LogP contribution >= 0.6 is 0 Å². The Morgan fingerprint density at radius 1 is 0.933 bits per heavy atom. The van der Waals surface area contributed by atoms with E-state index in [2.05, 4.69) is 9.47 Å². The van der Waals surface area contributed by atoms with Gasteiger partial charge in [0.1, 0.15) is 12.2 Å². The molecule has 0 aliphatic carbocycles. The van der Waals surface area contributed by atoms with Crippen LogP contribution in [-0.4, -0.2) is 46.9 Å². The van der Waals surface area contributed by atoms with Crippen LogP contribution in [-0.2, 0) is 23.8 Å². The fraction of sp³-hybridized carbons (Fsp3) is 0.500. The van der Waals surface area contributed by atoms with E-state index in [0.717, 1.165) is 12.2 Å². The van der Waals surface area contributed by atoms with E-state index in [1.165, 1.54) is 0 Å². The van der Waals surface area contributed by atoms with Gasteiger partial charge in [0.15, 0.2) is 0 Å². The molecule has 2 N–H and O–H groups in total. The molecule has 1 saturated heterocycles. The van der Waals surface area contributed by atoms with Crippen LogP contribution in [0.25, 0.3) is 0 Å². The van der Waals surface area contributed by atoms with Crippen LogP contribution in [0.15, 0.2) is 12.2 Å². The molecule has 0 radical (unpaired) electrons. The van der Waals surface area contributed by atoms with E-state index in [1.54, 1.807) is 0 Å². The van der Waals surface area contributed by atoms with Crippen molar-refractivity contribution in [3.63, 3.8) is 0 Å². The van der Waals surface area contributed by atoms with Gasteiger partial charge in [-0.15, -0.1) is 0 Å². The van der Waals surface area contributed by atoms with Crippen LogP contribution in [0.5, 0.6) is 0 Å². The summed E-state index contributed by atoms with van der Waals surface area (Å²) in [6.07, 6.45) is -3.81. The predicted molar refractivity (Wildman–Crippen MR) is 42.0 cm³/mol. The summed E-state index contributed by atoms with van der Waals surface area (Å²) in [6, 6.07) is 0. The van der Waals surface area contributed by atoms with Crippen LogP contribution in [0.1, 0.15) is 0 Å². The highest BCUT2D eigenvalue weighted by molar-refractivity contribution is 5.91. The number of carbonyl (C=O) groups excluding carboxylic acids is 2. The summed E-state index contributed by atoms with van der Waals surface area (Å²) in [5.41, 5.74) is 0. The predicted octanol–water partition coefficient (Wildman–Crippen LogP) is -1.95. The lowest BCUT2D eigenvalue weighted by molar-refractivity contribution is -0.215. The molecule has 0 spiro atoms. The van der Waals surface area contributed by atoms with Gasteiger partial charge in [-0.2, -0.15) is 0 Å². The first-order valence-electron chi connectivity index (χ1n) is 4.19. The standard InChI is InChI=1S/C8H8O7/c9-3-1-2-4(10)14-8-6(12)5(11)7(13-3)15-8/h1-2,5-8,11-12H/b2-1-. The SMILES string of the molecule is O=C1/C=C\C(=O)OC2OC(O1)C(O)C2O. The Bertz CT molecular complexity index is 293. The summed E-state index contributed by atoms with van der Waals surface area (Å²) >= 11 is 0. The summed E-state index contributed by atoms with van der Waals surface area (Å²) in [7, 11) is 0. The second-order valence-electron chi connectivity index (χ2n) is 3.06. The fourth-order valence-electron chi connectivity index (χ4n) is 1.25. The Labute approximate surface area is 83.8 Å². The van der Waals surface area contributed by atoms with Crippen molar-refractivity contribution in [1.29, 1.82) is 0 Å². The zero-order valence-corrected chi connectivity index (χ0v) is 7.40. The Hall–Kier alpha value is -1.44. The zero-order chi connectivity index (χ0) is 11.0. The van der Waals surface area contributed by atoms with Gasteiger partial charge in [0.25, 0.3) is 0 Å². The van der Waals surface area contributed by atoms with Gasteiger partial charge in [-0.25, -0.2) is 9.59 Å². The third-order valence-electron chi connectivity index (χ3n) is 2.00. The molecule has 0 aromatic heterocycles. The summed E-state index contributed by atoms with van der Waals surface area (Å²) < 4.78 is 14.0. The molecule has 4 unspecified atom stereocenters. The molecule has 2 rings (SSSR count). The molecule has 2 bridgehead atoms. The average molecular weight is 216 g/mol. The maximum absolute atomic E-state index is 11.0. The lowest BCUT2D eigenvalue weighted by Crippen LogP contribution is -2.36. The highest BCUT2D eigenvalue weighted by atomic mass is 16.8. The number of hydrogen-bond acceptors (Lipinski definition) is 7. The van der Waals surface area contributed by atoms with Crippen LogP contribution in [0, 0.1) is 0 Å². The Morgan fingerprint density at radius 2 is 1.33 bits per heavy atom. The first-order chi connectivity index (χ1) is 7.08. The van der Waals surface area contributed by atoms with Crippen molar-refractivity contribution in [3.8, 4) is 0 Å². The number of esters is 2. The minimum absolute atomic E-state index is 0.853. The average Bonchev–Trinajstić information content (AvgIpc) is 2.47. The van der Waals surface area contributed by atoms with Crippen LogP contribution in [0.2, 0.25) is 0 Å². The molecule has 1 fully saturated rings. The number of rotatable bonds is 0. The molecule has 0 saturated carbocycles. The number of aliphatic hydroxyl groups excluding tert-OH is 2. The van der Waals surface area contributed by atoms with Crippen molar-refractivity contribution in [2.24, 2.45) is 0 Å². The minimum Gasteiger partial charge on any atom is -0.429 e. The highest BCUT2D eigenvalue weighted by Gasteiger charge is 2.47. The van der Waals surface area contributed by atoms with E-state index < -0.39 is 36.7 Å². The summed E-state index contributed by atoms with van der Waals surface area (Å²) in [6.45, 7) is 0. The minimum atomic E-state index is -1.43. The van der Waals surface area contributed by atoms with Gasteiger partial charge < -0.3 is 19.7 Å². The van der Waals surface area contributed by atoms with Gasteiger partial charge in [0.2, 0.25) is 12.6 Å². The number of carbonyl (C=O) groups is 2. The summed E-state index contributed by atoms with van der Waals surface area (Å²) in [5.74, 6) is -1.71.